The standard InChI is InChI=1S/C9H10Cl2O2/c1-6-3-7(10)8(11)4-9(6)13-5-12-2/h3-4H,5H2,1-2H3. The normalized spacial score (nSPS) is 10.2. The van der Waals surface area contributed by atoms with Crippen molar-refractivity contribution in [2.24, 2.45) is 0 Å². The number of aryl methyl sites for hydroxylation is 1. The molecule has 1 aromatic carbocycles. The highest BCUT2D eigenvalue weighted by atomic mass is 35.5. The van der Waals surface area contributed by atoms with E-state index in [0.29, 0.717) is 15.8 Å². The van der Waals surface area contributed by atoms with Gasteiger partial charge in [0.25, 0.3) is 0 Å². The van der Waals surface area contributed by atoms with Gasteiger partial charge < -0.3 is 9.47 Å². The maximum Gasteiger partial charge on any atom is 0.188 e. The molecule has 1 rings (SSSR count). The second-order valence-corrected chi connectivity index (χ2v) is 3.40. The molecule has 0 saturated heterocycles. The average molecular weight is 221 g/mol. The Bertz CT molecular complexity index is 300. The first-order valence-corrected chi connectivity index (χ1v) is 4.48. The number of hydrogen-bond acceptors (Lipinski definition) is 2. The van der Waals surface area contributed by atoms with Crippen LogP contribution >= 0.6 is 23.2 Å². The molecular formula is C9H10Cl2O2. The summed E-state index contributed by atoms with van der Waals surface area (Å²) in [5.41, 5.74) is 0.937. The van der Waals surface area contributed by atoms with E-state index < -0.39 is 0 Å². The van der Waals surface area contributed by atoms with Gasteiger partial charge in [-0.05, 0) is 18.6 Å². The minimum Gasteiger partial charge on any atom is -0.467 e. The maximum absolute atomic E-state index is 5.81. The van der Waals surface area contributed by atoms with Crippen LogP contribution in [0, 0.1) is 6.92 Å². The first-order chi connectivity index (χ1) is 6.15. The molecule has 4 heteroatoms. The van der Waals surface area contributed by atoms with Gasteiger partial charge in [0.15, 0.2) is 6.79 Å². The Hall–Kier alpha value is -0.440. The van der Waals surface area contributed by atoms with Gasteiger partial charge in [0.1, 0.15) is 5.75 Å². The van der Waals surface area contributed by atoms with Crippen molar-refractivity contribution >= 4 is 23.2 Å². The van der Waals surface area contributed by atoms with E-state index in [2.05, 4.69) is 0 Å². The fourth-order valence-corrected chi connectivity index (χ4v) is 1.28. The molecule has 72 valence electrons. The minimum atomic E-state index is 0.207. The third-order valence-electron chi connectivity index (χ3n) is 1.55. The third kappa shape index (κ3) is 2.76. The Kier molecular flexibility index (Phi) is 3.85. The lowest BCUT2D eigenvalue weighted by Crippen LogP contribution is -2.00. The van der Waals surface area contributed by atoms with Crippen molar-refractivity contribution in [2.45, 2.75) is 6.92 Å². The molecule has 0 radical (unpaired) electrons. The molecule has 0 saturated carbocycles. The van der Waals surface area contributed by atoms with E-state index in [9.17, 15) is 0 Å². The van der Waals surface area contributed by atoms with Gasteiger partial charge in [-0.15, -0.1) is 0 Å². The van der Waals surface area contributed by atoms with Crippen LogP contribution in [0.15, 0.2) is 12.1 Å². The van der Waals surface area contributed by atoms with Gasteiger partial charge in [-0.3, -0.25) is 0 Å². The van der Waals surface area contributed by atoms with Crippen LogP contribution in [0.3, 0.4) is 0 Å². The summed E-state index contributed by atoms with van der Waals surface area (Å²) < 4.78 is 10.0. The lowest BCUT2D eigenvalue weighted by Gasteiger charge is -2.08. The second-order valence-electron chi connectivity index (χ2n) is 2.58. The molecule has 0 aromatic heterocycles. The first-order valence-electron chi connectivity index (χ1n) is 3.72. The summed E-state index contributed by atoms with van der Waals surface area (Å²) in [6.07, 6.45) is 0. The Morgan fingerprint density at radius 2 is 1.85 bits per heavy atom. The minimum absolute atomic E-state index is 0.207. The zero-order valence-electron chi connectivity index (χ0n) is 7.43. The van der Waals surface area contributed by atoms with Crippen molar-refractivity contribution in [1.29, 1.82) is 0 Å². The summed E-state index contributed by atoms with van der Waals surface area (Å²) in [5, 5.41) is 1.02. The van der Waals surface area contributed by atoms with E-state index in [1.165, 1.54) is 0 Å². The zero-order chi connectivity index (χ0) is 9.84. The molecule has 0 fully saturated rings. The van der Waals surface area contributed by atoms with Crippen molar-refractivity contribution in [2.75, 3.05) is 13.9 Å². The Morgan fingerprint density at radius 3 is 2.46 bits per heavy atom. The van der Waals surface area contributed by atoms with Gasteiger partial charge in [0.05, 0.1) is 10.0 Å². The fourth-order valence-electron chi connectivity index (χ4n) is 0.906. The molecule has 0 N–H and O–H groups in total. The number of ether oxygens (including phenoxy) is 2. The van der Waals surface area contributed by atoms with Crippen LogP contribution in [-0.2, 0) is 4.74 Å². The Labute approximate surface area is 87.4 Å². The lowest BCUT2D eigenvalue weighted by atomic mass is 10.2. The van der Waals surface area contributed by atoms with Crippen molar-refractivity contribution < 1.29 is 9.47 Å². The SMILES string of the molecule is COCOc1cc(Cl)c(Cl)cc1C. The van der Waals surface area contributed by atoms with Crippen LogP contribution in [0.2, 0.25) is 10.0 Å². The van der Waals surface area contributed by atoms with Gasteiger partial charge in [-0.1, -0.05) is 23.2 Å². The highest BCUT2D eigenvalue weighted by Crippen LogP contribution is 2.29. The van der Waals surface area contributed by atoms with Crippen molar-refractivity contribution in [3.63, 3.8) is 0 Å². The first kappa shape index (κ1) is 10.6. The van der Waals surface area contributed by atoms with Crippen LogP contribution in [0.25, 0.3) is 0 Å². The van der Waals surface area contributed by atoms with Crippen molar-refractivity contribution in [3.05, 3.63) is 27.7 Å². The van der Waals surface area contributed by atoms with E-state index in [-0.39, 0.29) is 6.79 Å². The smallest absolute Gasteiger partial charge is 0.188 e. The van der Waals surface area contributed by atoms with Gasteiger partial charge in [-0.25, -0.2) is 0 Å². The van der Waals surface area contributed by atoms with Crippen LogP contribution in [0.1, 0.15) is 5.56 Å². The van der Waals surface area contributed by atoms with Gasteiger partial charge in [0, 0.05) is 13.2 Å². The topological polar surface area (TPSA) is 18.5 Å². The highest BCUT2D eigenvalue weighted by molar-refractivity contribution is 6.42. The molecule has 0 bridgehead atoms. The second kappa shape index (κ2) is 4.70. The van der Waals surface area contributed by atoms with E-state index in [0.717, 1.165) is 5.56 Å². The predicted octanol–water partition coefficient (Wildman–Crippen LogP) is 3.28. The van der Waals surface area contributed by atoms with E-state index >= 15 is 0 Å². The summed E-state index contributed by atoms with van der Waals surface area (Å²) >= 11 is 11.6. The molecule has 0 aliphatic carbocycles. The summed E-state index contributed by atoms with van der Waals surface area (Å²) in [6.45, 7) is 2.10. The summed E-state index contributed by atoms with van der Waals surface area (Å²) in [7, 11) is 1.56. The van der Waals surface area contributed by atoms with Gasteiger partial charge in [-0.2, -0.15) is 0 Å². The summed E-state index contributed by atoms with van der Waals surface area (Å²) in [4.78, 5) is 0. The van der Waals surface area contributed by atoms with E-state index in [4.69, 9.17) is 32.7 Å². The van der Waals surface area contributed by atoms with Crippen molar-refractivity contribution in [3.8, 4) is 5.75 Å². The molecule has 0 aliphatic heterocycles. The molecule has 0 atom stereocenters. The molecule has 0 heterocycles. The molecule has 0 amide bonds. The average Bonchev–Trinajstić information content (AvgIpc) is 2.09. The molecule has 1 aromatic rings. The fraction of sp³-hybridized carbons (Fsp3) is 0.333. The number of benzene rings is 1. The van der Waals surface area contributed by atoms with E-state index in [1.807, 2.05) is 6.92 Å². The van der Waals surface area contributed by atoms with Crippen LogP contribution in [-0.4, -0.2) is 13.9 Å². The molecule has 2 nitrogen and oxygen atoms in total. The maximum atomic E-state index is 5.81. The molecular weight excluding hydrogens is 211 g/mol. The number of hydrogen-bond donors (Lipinski definition) is 0. The molecule has 0 unspecified atom stereocenters. The Balaban J connectivity index is 2.88. The largest absolute Gasteiger partial charge is 0.467 e. The molecule has 13 heavy (non-hydrogen) atoms. The van der Waals surface area contributed by atoms with Gasteiger partial charge >= 0.3 is 0 Å². The van der Waals surface area contributed by atoms with Crippen molar-refractivity contribution in [1.82, 2.24) is 0 Å². The molecule has 0 aliphatic rings. The lowest BCUT2D eigenvalue weighted by molar-refractivity contribution is 0.0506. The quantitative estimate of drug-likeness (QED) is 0.729. The van der Waals surface area contributed by atoms with E-state index in [1.54, 1.807) is 19.2 Å². The van der Waals surface area contributed by atoms with Gasteiger partial charge in [0.2, 0.25) is 0 Å². The summed E-state index contributed by atoms with van der Waals surface area (Å²) in [5.74, 6) is 0.691. The summed E-state index contributed by atoms with van der Waals surface area (Å²) in [6, 6.07) is 3.44. The number of rotatable bonds is 3. The Morgan fingerprint density at radius 1 is 1.23 bits per heavy atom. The number of halogens is 2. The monoisotopic (exact) mass is 220 g/mol. The van der Waals surface area contributed by atoms with Crippen LogP contribution < -0.4 is 4.74 Å². The zero-order valence-corrected chi connectivity index (χ0v) is 8.95. The predicted molar refractivity (Wildman–Crippen MR) is 53.7 cm³/mol. The highest BCUT2D eigenvalue weighted by Gasteiger charge is 2.04. The van der Waals surface area contributed by atoms with Crippen LogP contribution in [0.5, 0.6) is 5.75 Å². The number of methoxy groups -OCH3 is 1. The third-order valence-corrected chi connectivity index (χ3v) is 2.27. The molecule has 0 spiro atoms. The van der Waals surface area contributed by atoms with Crippen LogP contribution in [0.4, 0.5) is 0 Å².